The van der Waals surface area contributed by atoms with Crippen LogP contribution in [-0.2, 0) is 9.47 Å². The lowest BCUT2D eigenvalue weighted by Crippen LogP contribution is -2.44. The summed E-state index contributed by atoms with van der Waals surface area (Å²) in [7, 11) is 5.56. The predicted molar refractivity (Wildman–Crippen MR) is 58.7 cm³/mol. The number of likely N-dealkylation sites (N-methyl/N-ethyl adjacent to an activating group) is 2. The van der Waals surface area contributed by atoms with Crippen LogP contribution >= 0.6 is 0 Å². The maximum absolute atomic E-state index is 5.18. The van der Waals surface area contributed by atoms with Crippen molar-refractivity contribution in [1.82, 2.24) is 10.2 Å². The molecule has 1 N–H and O–H groups in total. The van der Waals surface area contributed by atoms with Crippen LogP contribution in [0.1, 0.15) is 6.92 Å². The van der Waals surface area contributed by atoms with Gasteiger partial charge in [0.2, 0.25) is 0 Å². The minimum absolute atomic E-state index is 0.426. The van der Waals surface area contributed by atoms with E-state index in [2.05, 4.69) is 24.2 Å². The van der Waals surface area contributed by atoms with E-state index in [1.54, 1.807) is 14.2 Å². The Hall–Kier alpha value is -0.160. The van der Waals surface area contributed by atoms with E-state index < -0.39 is 0 Å². The van der Waals surface area contributed by atoms with Gasteiger partial charge < -0.3 is 14.8 Å². The molecule has 0 amide bonds. The molecule has 4 heteroatoms. The normalized spacial score (nSPS) is 13.5. The van der Waals surface area contributed by atoms with Crippen molar-refractivity contribution in [3.63, 3.8) is 0 Å². The van der Waals surface area contributed by atoms with Crippen LogP contribution in [0.3, 0.4) is 0 Å². The third kappa shape index (κ3) is 6.32. The Morgan fingerprint density at radius 1 is 1.29 bits per heavy atom. The molecular weight excluding hydrogens is 180 g/mol. The Kier molecular flexibility index (Phi) is 9.29. The average molecular weight is 204 g/mol. The number of nitrogens with one attached hydrogen (secondary N) is 1. The third-order valence-corrected chi connectivity index (χ3v) is 2.26. The van der Waals surface area contributed by atoms with E-state index >= 15 is 0 Å². The van der Waals surface area contributed by atoms with E-state index in [-0.39, 0.29) is 0 Å². The molecule has 0 aliphatic heterocycles. The quantitative estimate of drug-likeness (QED) is 0.581. The SMILES string of the molecule is CCNCC(COC)N(C)CCOC. The molecule has 0 saturated carbocycles. The first-order valence-corrected chi connectivity index (χ1v) is 5.15. The summed E-state index contributed by atoms with van der Waals surface area (Å²) in [5, 5.41) is 3.33. The van der Waals surface area contributed by atoms with Gasteiger partial charge in [-0.1, -0.05) is 6.92 Å². The van der Waals surface area contributed by atoms with Gasteiger partial charge in [-0.25, -0.2) is 0 Å². The van der Waals surface area contributed by atoms with E-state index in [4.69, 9.17) is 9.47 Å². The van der Waals surface area contributed by atoms with Gasteiger partial charge in [-0.15, -0.1) is 0 Å². The van der Waals surface area contributed by atoms with Crippen molar-refractivity contribution in [2.24, 2.45) is 0 Å². The van der Waals surface area contributed by atoms with Gasteiger partial charge in [0.1, 0.15) is 0 Å². The first-order valence-electron chi connectivity index (χ1n) is 5.15. The molecule has 1 unspecified atom stereocenters. The molecule has 0 radical (unpaired) electrons. The largest absolute Gasteiger partial charge is 0.383 e. The summed E-state index contributed by atoms with van der Waals surface area (Å²) < 4.78 is 10.2. The van der Waals surface area contributed by atoms with Gasteiger partial charge in [-0.05, 0) is 13.6 Å². The zero-order valence-corrected chi connectivity index (χ0v) is 9.88. The Bertz CT molecular complexity index is 123. The molecule has 14 heavy (non-hydrogen) atoms. The molecule has 0 aromatic rings. The molecule has 0 aromatic carbocycles. The van der Waals surface area contributed by atoms with Crippen LogP contribution in [0.2, 0.25) is 0 Å². The van der Waals surface area contributed by atoms with Crippen LogP contribution in [0, 0.1) is 0 Å². The zero-order valence-electron chi connectivity index (χ0n) is 9.88. The lowest BCUT2D eigenvalue weighted by atomic mass is 10.2. The number of rotatable bonds is 9. The van der Waals surface area contributed by atoms with Gasteiger partial charge in [0, 0.05) is 33.4 Å². The van der Waals surface area contributed by atoms with E-state index in [1.807, 2.05) is 0 Å². The fourth-order valence-corrected chi connectivity index (χ4v) is 1.26. The highest BCUT2D eigenvalue weighted by atomic mass is 16.5. The number of nitrogens with zero attached hydrogens (tertiary/aromatic N) is 1. The van der Waals surface area contributed by atoms with Gasteiger partial charge in [0.25, 0.3) is 0 Å². The molecule has 1 atom stereocenters. The monoisotopic (exact) mass is 204 g/mol. The van der Waals surface area contributed by atoms with Crippen molar-refractivity contribution >= 4 is 0 Å². The van der Waals surface area contributed by atoms with Crippen molar-refractivity contribution < 1.29 is 9.47 Å². The average Bonchev–Trinajstić information content (AvgIpc) is 2.20. The third-order valence-electron chi connectivity index (χ3n) is 2.26. The summed E-state index contributed by atoms with van der Waals surface area (Å²) in [6, 6.07) is 0.426. The Morgan fingerprint density at radius 2 is 2.00 bits per heavy atom. The molecule has 4 nitrogen and oxygen atoms in total. The van der Waals surface area contributed by atoms with Crippen LogP contribution in [0.25, 0.3) is 0 Å². The topological polar surface area (TPSA) is 33.7 Å². The fraction of sp³-hybridized carbons (Fsp3) is 1.00. The summed E-state index contributed by atoms with van der Waals surface area (Å²) in [6.07, 6.45) is 0. The van der Waals surface area contributed by atoms with Crippen LogP contribution in [0.15, 0.2) is 0 Å². The van der Waals surface area contributed by atoms with E-state index in [1.165, 1.54) is 0 Å². The van der Waals surface area contributed by atoms with E-state index in [9.17, 15) is 0 Å². The van der Waals surface area contributed by atoms with Crippen LogP contribution in [0.4, 0.5) is 0 Å². The fourth-order valence-electron chi connectivity index (χ4n) is 1.26. The highest BCUT2D eigenvalue weighted by Crippen LogP contribution is 1.95. The molecule has 0 aliphatic rings. The molecule has 0 spiro atoms. The number of ether oxygens (including phenoxy) is 2. The minimum Gasteiger partial charge on any atom is -0.383 e. The highest BCUT2D eigenvalue weighted by Gasteiger charge is 2.13. The lowest BCUT2D eigenvalue weighted by molar-refractivity contribution is 0.0833. The second-order valence-electron chi connectivity index (χ2n) is 3.39. The summed E-state index contributed by atoms with van der Waals surface area (Å²) >= 11 is 0. The molecule has 0 rings (SSSR count). The van der Waals surface area contributed by atoms with Gasteiger partial charge in [-0.3, -0.25) is 4.90 Å². The predicted octanol–water partition coefficient (Wildman–Crippen LogP) is 0.189. The van der Waals surface area contributed by atoms with Crippen LogP contribution < -0.4 is 5.32 Å². The zero-order chi connectivity index (χ0) is 10.8. The smallest absolute Gasteiger partial charge is 0.0630 e. The van der Waals surface area contributed by atoms with E-state index in [0.29, 0.717) is 6.04 Å². The van der Waals surface area contributed by atoms with Crippen LogP contribution in [-0.4, -0.2) is 65.1 Å². The summed E-state index contributed by atoms with van der Waals surface area (Å²) in [5.74, 6) is 0. The van der Waals surface area contributed by atoms with E-state index in [0.717, 1.165) is 32.8 Å². The van der Waals surface area contributed by atoms with Gasteiger partial charge in [0.05, 0.1) is 13.2 Å². The number of methoxy groups -OCH3 is 2. The molecule has 0 heterocycles. The standard InChI is InChI=1S/C10H24N2O2/c1-5-11-8-10(9-14-4)12(2)6-7-13-3/h10-11H,5-9H2,1-4H3. The maximum atomic E-state index is 5.18. The summed E-state index contributed by atoms with van der Waals surface area (Å²) in [6.45, 7) is 6.54. The Labute approximate surface area is 87.6 Å². The van der Waals surface area contributed by atoms with Crippen molar-refractivity contribution in [2.75, 3.05) is 54.1 Å². The van der Waals surface area contributed by atoms with Crippen molar-refractivity contribution in [2.45, 2.75) is 13.0 Å². The van der Waals surface area contributed by atoms with Gasteiger partial charge in [-0.2, -0.15) is 0 Å². The minimum atomic E-state index is 0.426. The second kappa shape index (κ2) is 9.40. The molecule has 86 valence electrons. The molecule has 0 bridgehead atoms. The highest BCUT2D eigenvalue weighted by molar-refractivity contribution is 4.70. The first kappa shape index (κ1) is 13.8. The second-order valence-corrected chi connectivity index (χ2v) is 3.39. The molecule has 0 aromatic heterocycles. The summed E-state index contributed by atoms with van der Waals surface area (Å²) in [4.78, 5) is 2.26. The van der Waals surface area contributed by atoms with Gasteiger partial charge in [0.15, 0.2) is 0 Å². The maximum Gasteiger partial charge on any atom is 0.0630 e. The molecule has 0 aliphatic carbocycles. The molecule has 0 fully saturated rings. The van der Waals surface area contributed by atoms with Crippen molar-refractivity contribution in [3.05, 3.63) is 0 Å². The molecular formula is C10H24N2O2. The number of hydrogen-bond donors (Lipinski definition) is 1. The number of hydrogen-bond acceptors (Lipinski definition) is 4. The Morgan fingerprint density at radius 3 is 2.50 bits per heavy atom. The van der Waals surface area contributed by atoms with Crippen LogP contribution in [0.5, 0.6) is 0 Å². The Balaban J connectivity index is 3.77. The van der Waals surface area contributed by atoms with Crippen molar-refractivity contribution in [3.8, 4) is 0 Å². The first-order chi connectivity index (χ1) is 6.76. The summed E-state index contributed by atoms with van der Waals surface area (Å²) in [5.41, 5.74) is 0. The lowest BCUT2D eigenvalue weighted by Gasteiger charge is -2.27. The van der Waals surface area contributed by atoms with Crippen molar-refractivity contribution in [1.29, 1.82) is 0 Å². The van der Waals surface area contributed by atoms with Gasteiger partial charge >= 0.3 is 0 Å². The molecule has 0 saturated heterocycles.